The molecular formula is C17H15N5O. The van der Waals surface area contributed by atoms with E-state index >= 15 is 0 Å². The Kier molecular flexibility index (Phi) is 2.97. The van der Waals surface area contributed by atoms with Gasteiger partial charge in [-0.15, -0.1) is 5.10 Å². The first-order valence-corrected chi connectivity index (χ1v) is 7.33. The highest BCUT2D eigenvalue weighted by Crippen LogP contribution is 2.25. The third kappa shape index (κ3) is 2.28. The molecule has 0 saturated carbocycles. The third-order valence-corrected chi connectivity index (χ3v) is 4.05. The van der Waals surface area contributed by atoms with E-state index in [-0.39, 0.29) is 0 Å². The van der Waals surface area contributed by atoms with Gasteiger partial charge in [-0.3, -0.25) is 0 Å². The van der Waals surface area contributed by atoms with Crippen molar-refractivity contribution in [1.29, 1.82) is 0 Å². The molecule has 0 aliphatic rings. The first kappa shape index (κ1) is 13.6. The molecule has 0 bridgehead atoms. The third-order valence-electron chi connectivity index (χ3n) is 4.05. The summed E-state index contributed by atoms with van der Waals surface area (Å²) in [5, 5.41) is 12.2. The topological polar surface area (TPSA) is 69.6 Å². The second-order valence-corrected chi connectivity index (χ2v) is 5.64. The largest absolute Gasteiger partial charge is 0.334 e. The standard InChI is InChI=1S/C17H15N5O/c1-10-4-5-13(8-11(10)2)17-18-16(20-23-17)12-6-7-14-15(9-12)22(3)21-19-14/h4-9H,1-3H3. The normalized spacial score (nSPS) is 11.3. The summed E-state index contributed by atoms with van der Waals surface area (Å²) < 4.78 is 7.15. The van der Waals surface area contributed by atoms with Gasteiger partial charge in [0, 0.05) is 18.2 Å². The summed E-state index contributed by atoms with van der Waals surface area (Å²) >= 11 is 0. The molecule has 0 amide bonds. The van der Waals surface area contributed by atoms with E-state index in [9.17, 15) is 0 Å². The lowest BCUT2D eigenvalue weighted by Crippen LogP contribution is -1.90. The van der Waals surface area contributed by atoms with Gasteiger partial charge in [0.2, 0.25) is 5.82 Å². The first-order valence-electron chi connectivity index (χ1n) is 7.33. The van der Waals surface area contributed by atoms with Crippen molar-refractivity contribution in [2.75, 3.05) is 0 Å². The van der Waals surface area contributed by atoms with Crippen LogP contribution in [0.2, 0.25) is 0 Å². The van der Waals surface area contributed by atoms with E-state index in [1.54, 1.807) is 4.68 Å². The van der Waals surface area contributed by atoms with Gasteiger partial charge >= 0.3 is 0 Å². The molecule has 6 heteroatoms. The quantitative estimate of drug-likeness (QED) is 0.568. The molecule has 2 aromatic carbocycles. The molecule has 114 valence electrons. The number of rotatable bonds is 2. The number of hydrogen-bond acceptors (Lipinski definition) is 5. The van der Waals surface area contributed by atoms with Crippen molar-refractivity contribution in [3.8, 4) is 22.8 Å². The number of benzene rings is 2. The number of aromatic nitrogens is 5. The van der Waals surface area contributed by atoms with Gasteiger partial charge in [0.1, 0.15) is 5.52 Å². The van der Waals surface area contributed by atoms with Crippen LogP contribution in [0, 0.1) is 13.8 Å². The van der Waals surface area contributed by atoms with Crippen LogP contribution in [0.15, 0.2) is 40.9 Å². The molecule has 0 aliphatic carbocycles. The highest BCUT2D eigenvalue weighted by atomic mass is 16.5. The Balaban J connectivity index is 1.76. The zero-order valence-electron chi connectivity index (χ0n) is 13.1. The lowest BCUT2D eigenvalue weighted by Gasteiger charge is -2.00. The van der Waals surface area contributed by atoms with E-state index in [1.807, 2.05) is 31.3 Å². The number of nitrogens with zero attached hydrogens (tertiary/aromatic N) is 5. The van der Waals surface area contributed by atoms with Gasteiger partial charge in [-0.25, -0.2) is 4.68 Å². The summed E-state index contributed by atoms with van der Waals surface area (Å²) in [6.45, 7) is 4.15. The molecule has 2 aromatic heterocycles. The predicted octanol–water partition coefficient (Wildman–Crippen LogP) is 3.30. The van der Waals surface area contributed by atoms with E-state index < -0.39 is 0 Å². The van der Waals surface area contributed by atoms with E-state index in [0.29, 0.717) is 11.7 Å². The van der Waals surface area contributed by atoms with Crippen LogP contribution in [0.25, 0.3) is 33.9 Å². The predicted molar refractivity (Wildman–Crippen MR) is 86.7 cm³/mol. The summed E-state index contributed by atoms with van der Waals surface area (Å²) in [6.07, 6.45) is 0. The Morgan fingerprint density at radius 2 is 1.78 bits per heavy atom. The van der Waals surface area contributed by atoms with Gasteiger partial charge in [-0.05, 0) is 55.3 Å². The molecule has 4 rings (SSSR count). The van der Waals surface area contributed by atoms with Crippen LogP contribution in [0.4, 0.5) is 0 Å². The highest BCUT2D eigenvalue weighted by Gasteiger charge is 2.12. The molecule has 0 fully saturated rings. The van der Waals surface area contributed by atoms with Crippen LogP contribution >= 0.6 is 0 Å². The van der Waals surface area contributed by atoms with Gasteiger partial charge in [0.15, 0.2) is 0 Å². The summed E-state index contributed by atoms with van der Waals surface area (Å²) in [4.78, 5) is 4.51. The maximum atomic E-state index is 5.42. The van der Waals surface area contributed by atoms with Crippen molar-refractivity contribution < 1.29 is 4.52 Å². The van der Waals surface area contributed by atoms with Gasteiger partial charge in [-0.1, -0.05) is 16.4 Å². The van der Waals surface area contributed by atoms with Crippen LogP contribution in [-0.2, 0) is 7.05 Å². The zero-order chi connectivity index (χ0) is 16.0. The van der Waals surface area contributed by atoms with Crippen LogP contribution in [0.5, 0.6) is 0 Å². The Bertz CT molecular complexity index is 1010. The van der Waals surface area contributed by atoms with Crippen molar-refractivity contribution in [1.82, 2.24) is 25.1 Å². The number of aryl methyl sites for hydroxylation is 3. The lowest BCUT2D eigenvalue weighted by atomic mass is 10.1. The molecular weight excluding hydrogens is 290 g/mol. The van der Waals surface area contributed by atoms with Crippen molar-refractivity contribution in [3.05, 3.63) is 47.5 Å². The minimum absolute atomic E-state index is 0.520. The van der Waals surface area contributed by atoms with Gasteiger partial charge in [-0.2, -0.15) is 4.98 Å². The summed E-state index contributed by atoms with van der Waals surface area (Å²) in [6, 6.07) is 11.9. The fraction of sp³-hybridized carbons (Fsp3) is 0.176. The zero-order valence-corrected chi connectivity index (χ0v) is 13.1. The van der Waals surface area contributed by atoms with E-state index in [0.717, 1.165) is 22.2 Å². The van der Waals surface area contributed by atoms with Crippen molar-refractivity contribution in [2.45, 2.75) is 13.8 Å². The first-order chi connectivity index (χ1) is 11.1. The molecule has 6 nitrogen and oxygen atoms in total. The number of fused-ring (bicyclic) bond motifs is 1. The van der Waals surface area contributed by atoms with Crippen LogP contribution in [0.1, 0.15) is 11.1 Å². The van der Waals surface area contributed by atoms with E-state index in [2.05, 4.69) is 46.4 Å². The molecule has 0 saturated heterocycles. The van der Waals surface area contributed by atoms with Crippen LogP contribution < -0.4 is 0 Å². The monoisotopic (exact) mass is 305 g/mol. The molecule has 0 aliphatic heterocycles. The molecule has 0 N–H and O–H groups in total. The Labute approximate surface area is 132 Å². The average Bonchev–Trinajstić information content (AvgIpc) is 3.17. The summed E-state index contributed by atoms with van der Waals surface area (Å²) in [5.74, 6) is 1.08. The lowest BCUT2D eigenvalue weighted by molar-refractivity contribution is 0.432. The average molecular weight is 305 g/mol. The van der Waals surface area contributed by atoms with Gasteiger partial charge < -0.3 is 4.52 Å². The maximum Gasteiger partial charge on any atom is 0.258 e. The van der Waals surface area contributed by atoms with E-state index in [1.165, 1.54) is 11.1 Å². The molecule has 0 radical (unpaired) electrons. The Hall–Kier alpha value is -3.02. The molecule has 0 spiro atoms. The summed E-state index contributed by atoms with van der Waals surface area (Å²) in [7, 11) is 1.86. The SMILES string of the molecule is Cc1ccc(-c2nc(-c3ccc4nnn(C)c4c3)no2)cc1C. The van der Waals surface area contributed by atoms with E-state index in [4.69, 9.17) is 4.52 Å². The Morgan fingerprint density at radius 1 is 0.957 bits per heavy atom. The highest BCUT2D eigenvalue weighted by molar-refractivity contribution is 5.80. The smallest absolute Gasteiger partial charge is 0.258 e. The molecule has 2 heterocycles. The minimum atomic E-state index is 0.520. The van der Waals surface area contributed by atoms with Crippen molar-refractivity contribution in [3.63, 3.8) is 0 Å². The van der Waals surface area contributed by atoms with Gasteiger partial charge in [0.25, 0.3) is 5.89 Å². The molecule has 0 atom stereocenters. The minimum Gasteiger partial charge on any atom is -0.334 e. The molecule has 4 aromatic rings. The fourth-order valence-electron chi connectivity index (χ4n) is 2.50. The van der Waals surface area contributed by atoms with Crippen LogP contribution in [-0.4, -0.2) is 25.1 Å². The fourth-order valence-corrected chi connectivity index (χ4v) is 2.50. The molecule has 23 heavy (non-hydrogen) atoms. The second-order valence-electron chi connectivity index (χ2n) is 5.64. The van der Waals surface area contributed by atoms with Crippen molar-refractivity contribution >= 4 is 11.0 Å². The maximum absolute atomic E-state index is 5.42. The van der Waals surface area contributed by atoms with Gasteiger partial charge in [0.05, 0.1) is 5.52 Å². The Morgan fingerprint density at radius 3 is 2.61 bits per heavy atom. The molecule has 0 unspecified atom stereocenters. The van der Waals surface area contributed by atoms with Crippen LogP contribution in [0.3, 0.4) is 0 Å². The number of hydrogen-bond donors (Lipinski definition) is 0. The second kappa shape index (κ2) is 5.01. The van der Waals surface area contributed by atoms with Crippen molar-refractivity contribution in [2.24, 2.45) is 7.05 Å². The summed E-state index contributed by atoms with van der Waals surface area (Å²) in [5.41, 5.74) is 6.01.